The van der Waals surface area contributed by atoms with Crippen molar-refractivity contribution in [3.05, 3.63) is 58.7 Å². The van der Waals surface area contributed by atoms with Crippen molar-refractivity contribution in [3.63, 3.8) is 0 Å². The van der Waals surface area contributed by atoms with Crippen LogP contribution in [-0.4, -0.2) is 41.7 Å². The molecule has 2 heterocycles. The van der Waals surface area contributed by atoms with Gasteiger partial charge >= 0.3 is 6.09 Å². The highest BCUT2D eigenvalue weighted by Gasteiger charge is 2.30. The normalized spacial score (nSPS) is 17.5. The molecule has 0 radical (unpaired) electrons. The second-order valence-corrected chi connectivity index (χ2v) is 9.63. The van der Waals surface area contributed by atoms with Crippen molar-refractivity contribution < 1.29 is 23.8 Å². The third-order valence-electron chi connectivity index (χ3n) is 5.27. The topological polar surface area (TPSA) is 105 Å². The first-order chi connectivity index (χ1) is 16.6. The predicted octanol–water partition coefficient (Wildman–Crippen LogP) is 4.46. The quantitative estimate of drug-likeness (QED) is 0.692. The molecule has 1 unspecified atom stereocenters. The Bertz CT molecular complexity index is 1180. The van der Waals surface area contributed by atoms with Gasteiger partial charge in [0.2, 0.25) is 5.90 Å². The molecule has 184 valence electrons. The van der Waals surface area contributed by atoms with Crippen molar-refractivity contribution in [3.8, 4) is 17.6 Å². The van der Waals surface area contributed by atoms with E-state index >= 15 is 0 Å². The molecule has 1 atom stereocenters. The summed E-state index contributed by atoms with van der Waals surface area (Å²) in [7, 11) is 0. The molecule has 9 nitrogen and oxygen atoms in total. The molecule has 0 aromatic heterocycles. The SMILES string of the molecule is CC(C)Oc1ccc(C2=NC(c3cccc4c3OCCN(C(=O)OC(C)(C)C)C4)NO2)cc1C#N. The fraction of sp³-hybridized carbons (Fsp3) is 0.423. The summed E-state index contributed by atoms with van der Waals surface area (Å²) in [6.45, 7) is 10.5. The molecule has 0 bridgehead atoms. The van der Waals surface area contributed by atoms with Gasteiger partial charge in [0.05, 0.1) is 24.8 Å². The lowest BCUT2D eigenvalue weighted by Gasteiger charge is -2.26. The van der Waals surface area contributed by atoms with Gasteiger partial charge in [-0.2, -0.15) is 5.26 Å². The number of nitrogens with zero attached hydrogens (tertiary/aromatic N) is 3. The standard InChI is InChI=1S/C26H30N4O5/c1-16(2)33-21-10-9-17(13-19(21)14-27)24-28-23(29-35-24)20-8-6-7-18-15-30(11-12-32-22(18)20)25(31)34-26(3,4)5/h6-10,13,16,23,29H,11-12,15H2,1-5H3. The summed E-state index contributed by atoms with van der Waals surface area (Å²) in [4.78, 5) is 24.6. The minimum absolute atomic E-state index is 0.0429. The zero-order valence-electron chi connectivity index (χ0n) is 20.6. The van der Waals surface area contributed by atoms with Gasteiger partial charge in [-0.15, -0.1) is 5.48 Å². The van der Waals surface area contributed by atoms with Crippen LogP contribution in [-0.2, 0) is 16.1 Å². The van der Waals surface area contributed by atoms with Crippen LogP contribution in [0.5, 0.6) is 11.5 Å². The molecule has 0 fully saturated rings. The second-order valence-electron chi connectivity index (χ2n) is 9.63. The van der Waals surface area contributed by atoms with E-state index in [0.29, 0.717) is 48.2 Å². The highest BCUT2D eigenvalue weighted by atomic mass is 16.7. The van der Waals surface area contributed by atoms with Crippen molar-refractivity contribution in [2.75, 3.05) is 13.2 Å². The maximum atomic E-state index is 12.6. The monoisotopic (exact) mass is 478 g/mol. The van der Waals surface area contributed by atoms with E-state index in [-0.39, 0.29) is 12.2 Å². The van der Waals surface area contributed by atoms with Gasteiger partial charge in [0.25, 0.3) is 0 Å². The van der Waals surface area contributed by atoms with Gasteiger partial charge in [0.15, 0.2) is 6.17 Å². The molecule has 2 aromatic carbocycles. The molecule has 9 heteroatoms. The Morgan fingerprint density at radius 3 is 2.80 bits per heavy atom. The van der Waals surface area contributed by atoms with Gasteiger partial charge in [0, 0.05) is 16.7 Å². The Labute approximate surface area is 205 Å². The van der Waals surface area contributed by atoms with E-state index in [4.69, 9.17) is 19.0 Å². The van der Waals surface area contributed by atoms with Crippen molar-refractivity contribution in [2.45, 2.75) is 59.0 Å². The first-order valence-corrected chi connectivity index (χ1v) is 11.6. The molecule has 2 aliphatic rings. The lowest BCUT2D eigenvalue weighted by atomic mass is 10.1. The molecule has 2 aromatic rings. The van der Waals surface area contributed by atoms with Crippen LogP contribution < -0.4 is 15.0 Å². The zero-order valence-corrected chi connectivity index (χ0v) is 20.6. The number of nitriles is 1. The minimum Gasteiger partial charge on any atom is -0.491 e. The van der Waals surface area contributed by atoms with Crippen molar-refractivity contribution in [1.29, 1.82) is 5.26 Å². The highest BCUT2D eigenvalue weighted by molar-refractivity contribution is 5.95. The summed E-state index contributed by atoms with van der Waals surface area (Å²) in [6.07, 6.45) is -0.927. The molecule has 0 saturated heterocycles. The number of hydroxylamine groups is 1. The van der Waals surface area contributed by atoms with E-state index in [2.05, 4.69) is 16.5 Å². The molecule has 2 aliphatic heterocycles. The number of hydrogen-bond acceptors (Lipinski definition) is 8. The van der Waals surface area contributed by atoms with Crippen LogP contribution in [0.25, 0.3) is 0 Å². The molecule has 4 rings (SSSR count). The van der Waals surface area contributed by atoms with Gasteiger partial charge in [-0.25, -0.2) is 9.79 Å². The highest BCUT2D eigenvalue weighted by Crippen LogP contribution is 2.35. The number of fused-ring (bicyclic) bond motifs is 1. The van der Waals surface area contributed by atoms with Gasteiger partial charge in [0.1, 0.15) is 29.8 Å². The molecule has 1 amide bonds. The molecule has 0 spiro atoms. The van der Waals surface area contributed by atoms with Crippen molar-refractivity contribution in [1.82, 2.24) is 10.4 Å². The number of benzene rings is 2. The summed E-state index contributed by atoms with van der Waals surface area (Å²) in [6, 6.07) is 13.2. The third kappa shape index (κ3) is 5.66. The third-order valence-corrected chi connectivity index (χ3v) is 5.27. The number of ether oxygens (including phenoxy) is 3. The average Bonchev–Trinajstić information content (AvgIpc) is 3.17. The zero-order chi connectivity index (χ0) is 25.2. The average molecular weight is 479 g/mol. The summed E-state index contributed by atoms with van der Waals surface area (Å²) >= 11 is 0. The number of aliphatic imine (C=N–C) groups is 1. The summed E-state index contributed by atoms with van der Waals surface area (Å²) in [5, 5.41) is 9.53. The van der Waals surface area contributed by atoms with E-state index < -0.39 is 11.8 Å². The fourth-order valence-corrected chi connectivity index (χ4v) is 3.80. The van der Waals surface area contributed by atoms with E-state index in [1.165, 1.54) is 0 Å². The Morgan fingerprint density at radius 1 is 1.29 bits per heavy atom. The van der Waals surface area contributed by atoms with E-state index in [0.717, 1.165) is 11.1 Å². The van der Waals surface area contributed by atoms with E-state index in [1.54, 1.807) is 17.0 Å². The lowest BCUT2D eigenvalue weighted by Crippen LogP contribution is -2.37. The first-order valence-electron chi connectivity index (χ1n) is 11.6. The van der Waals surface area contributed by atoms with Crippen LogP contribution in [0.1, 0.15) is 63.0 Å². The number of amides is 1. The smallest absolute Gasteiger partial charge is 0.410 e. The summed E-state index contributed by atoms with van der Waals surface area (Å²) < 4.78 is 17.3. The van der Waals surface area contributed by atoms with Crippen molar-refractivity contribution >= 4 is 12.0 Å². The predicted molar refractivity (Wildman–Crippen MR) is 129 cm³/mol. The van der Waals surface area contributed by atoms with Crippen LogP contribution in [0, 0.1) is 11.3 Å². The van der Waals surface area contributed by atoms with Crippen LogP contribution in [0.3, 0.4) is 0 Å². The molecular weight excluding hydrogens is 448 g/mol. The van der Waals surface area contributed by atoms with Crippen LogP contribution in [0.2, 0.25) is 0 Å². The summed E-state index contributed by atoms with van der Waals surface area (Å²) in [5.41, 5.74) is 5.09. The molecule has 35 heavy (non-hydrogen) atoms. The lowest BCUT2D eigenvalue weighted by molar-refractivity contribution is 0.0225. The maximum Gasteiger partial charge on any atom is 0.410 e. The number of carbonyl (C=O) groups is 1. The van der Waals surface area contributed by atoms with Gasteiger partial charge in [-0.3, -0.25) is 0 Å². The Kier molecular flexibility index (Phi) is 6.85. The van der Waals surface area contributed by atoms with Gasteiger partial charge in [-0.1, -0.05) is 18.2 Å². The number of para-hydroxylation sites is 1. The summed E-state index contributed by atoms with van der Waals surface area (Å²) in [5.74, 6) is 1.55. The van der Waals surface area contributed by atoms with Crippen molar-refractivity contribution in [2.24, 2.45) is 4.99 Å². The minimum atomic E-state index is -0.574. The molecule has 1 N–H and O–H groups in total. The number of carbonyl (C=O) groups excluding carboxylic acids is 1. The van der Waals surface area contributed by atoms with Crippen LogP contribution in [0.4, 0.5) is 4.79 Å². The molecular formula is C26H30N4O5. The Morgan fingerprint density at radius 2 is 2.09 bits per heavy atom. The first kappa shape index (κ1) is 24.4. The second kappa shape index (κ2) is 9.84. The van der Waals surface area contributed by atoms with Gasteiger partial charge < -0.3 is 23.9 Å². The number of hydrogen-bond donors (Lipinski definition) is 1. The fourth-order valence-electron chi connectivity index (χ4n) is 3.80. The van der Waals surface area contributed by atoms with Crippen LogP contribution in [0.15, 0.2) is 41.4 Å². The van der Waals surface area contributed by atoms with E-state index in [9.17, 15) is 10.1 Å². The Hall–Kier alpha value is -3.77. The maximum absolute atomic E-state index is 12.6. The van der Waals surface area contributed by atoms with Crippen LogP contribution >= 0.6 is 0 Å². The number of nitrogens with one attached hydrogen (secondary N) is 1. The number of rotatable bonds is 4. The molecule has 0 saturated carbocycles. The van der Waals surface area contributed by atoms with Gasteiger partial charge in [-0.05, 0) is 52.8 Å². The Balaban J connectivity index is 1.57. The largest absolute Gasteiger partial charge is 0.491 e. The van der Waals surface area contributed by atoms with E-state index in [1.807, 2.05) is 58.9 Å². The molecule has 0 aliphatic carbocycles.